The molecule has 0 radical (unpaired) electrons. The van der Waals surface area contributed by atoms with Crippen LogP contribution in [0.25, 0.3) is 0 Å². The van der Waals surface area contributed by atoms with Crippen molar-refractivity contribution in [2.24, 2.45) is 0 Å². The fraction of sp³-hybridized carbons (Fsp3) is 1.00. The molecule has 134 valence electrons. The number of rotatable bonds is 11. The van der Waals surface area contributed by atoms with Gasteiger partial charge in [0.05, 0.1) is 5.22 Å². The third kappa shape index (κ3) is 4.97. The molecule has 0 amide bonds. The van der Waals surface area contributed by atoms with Crippen molar-refractivity contribution in [2.45, 2.75) is 70.8 Å². The minimum Gasteiger partial charge on any atom is -0.415 e. The van der Waals surface area contributed by atoms with Crippen LogP contribution in [0.2, 0.25) is 26.2 Å². The summed E-state index contributed by atoms with van der Waals surface area (Å²) in [6.45, 7) is 15.3. The molecule has 2 atom stereocenters. The highest BCUT2D eigenvalue weighted by atomic mass is 28.4. The average molecular weight is 369 g/mol. The summed E-state index contributed by atoms with van der Waals surface area (Å²) in [6.07, 6.45) is 1.73. The van der Waals surface area contributed by atoms with Crippen LogP contribution < -0.4 is 0 Å². The minimum absolute atomic E-state index is 0.169. The van der Waals surface area contributed by atoms with Gasteiger partial charge in [-0.15, -0.1) is 0 Å². The Balaban J connectivity index is 5.43. The highest BCUT2D eigenvalue weighted by molar-refractivity contribution is 6.76. The molecular formula is C14H36O5Si3. The van der Waals surface area contributed by atoms with Crippen LogP contribution in [0.1, 0.15) is 33.6 Å². The van der Waals surface area contributed by atoms with Gasteiger partial charge in [-0.2, -0.15) is 0 Å². The van der Waals surface area contributed by atoms with Gasteiger partial charge in [0, 0.05) is 21.3 Å². The predicted molar refractivity (Wildman–Crippen MR) is 98.1 cm³/mol. The third-order valence-electron chi connectivity index (χ3n) is 4.50. The van der Waals surface area contributed by atoms with E-state index in [2.05, 4.69) is 47.0 Å². The van der Waals surface area contributed by atoms with Crippen molar-refractivity contribution >= 4 is 26.2 Å². The molecule has 0 spiro atoms. The van der Waals surface area contributed by atoms with E-state index < -0.39 is 26.2 Å². The van der Waals surface area contributed by atoms with Crippen molar-refractivity contribution in [1.29, 1.82) is 0 Å². The summed E-state index contributed by atoms with van der Waals surface area (Å²) < 4.78 is 29.9. The molecule has 0 saturated heterocycles. The highest BCUT2D eigenvalue weighted by Crippen LogP contribution is 2.33. The maximum atomic E-state index is 6.61. The van der Waals surface area contributed by atoms with Crippen molar-refractivity contribution in [3.63, 3.8) is 0 Å². The fourth-order valence-corrected chi connectivity index (χ4v) is 11.0. The lowest BCUT2D eigenvalue weighted by molar-refractivity contribution is 0.0489. The van der Waals surface area contributed by atoms with Gasteiger partial charge in [-0.1, -0.05) is 13.8 Å². The zero-order valence-corrected chi connectivity index (χ0v) is 19.3. The van der Waals surface area contributed by atoms with E-state index in [0.29, 0.717) is 0 Å². The first-order valence-corrected chi connectivity index (χ1v) is 15.6. The molecular weight excluding hydrogens is 332 g/mol. The van der Waals surface area contributed by atoms with Gasteiger partial charge in [-0.3, -0.25) is 0 Å². The van der Waals surface area contributed by atoms with E-state index in [1.54, 1.807) is 21.3 Å². The van der Waals surface area contributed by atoms with Crippen LogP contribution in [0, 0.1) is 0 Å². The molecule has 2 unspecified atom stereocenters. The molecule has 0 aromatic carbocycles. The fourth-order valence-electron chi connectivity index (χ4n) is 2.70. The highest BCUT2D eigenvalue weighted by Gasteiger charge is 2.54. The van der Waals surface area contributed by atoms with E-state index in [0.717, 1.165) is 12.8 Å². The number of hydrogen-bond acceptors (Lipinski definition) is 5. The topological polar surface area (TPSA) is 46.2 Å². The van der Waals surface area contributed by atoms with Crippen molar-refractivity contribution in [3.8, 4) is 0 Å². The Kier molecular flexibility index (Phi) is 9.26. The predicted octanol–water partition coefficient (Wildman–Crippen LogP) is 3.11. The second-order valence-corrected chi connectivity index (χ2v) is 16.2. The third-order valence-corrected chi connectivity index (χ3v) is 12.9. The van der Waals surface area contributed by atoms with Crippen LogP contribution in [-0.4, -0.2) is 58.4 Å². The van der Waals surface area contributed by atoms with Gasteiger partial charge in [0.15, 0.2) is 9.04 Å². The van der Waals surface area contributed by atoms with Crippen LogP contribution in [0.4, 0.5) is 0 Å². The molecule has 0 N–H and O–H groups in total. The van der Waals surface area contributed by atoms with Gasteiger partial charge < -0.3 is 22.1 Å². The maximum absolute atomic E-state index is 6.61. The van der Waals surface area contributed by atoms with Crippen molar-refractivity contribution in [2.75, 3.05) is 21.3 Å². The van der Waals surface area contributed by atoms with Gasteiger partial charge in [-0.05, 0) is 46.0 Å². The molecule has 0 aromatic rings. The molecule has 0 aliphatic rings. The molecule has 22 heavy (non-hydrogen) atoms. The quantitative estimate of drug-likeness (QED) is 0.524. The van der Waals surface area contributed by atoms with Gasteiger partial charge in [0.1, 0.15) is 5.73 Å². The molecule has 0 rings (SSSR count). The molecule has 0 heterocycles. The van der Waals surface area contributed by atoms with Crippen LogP contribution in [-0.2, 0) is 22.1 Å². The Labute approximate surface area is 140 Å². The zero-order valence-electron chi connectivity index (χ0n) is 16.1. The lowest BCUT2D eigenvalue weighted by atomic mass is 10.3. The van der Waals surface area contributed by atoms with E-state index in [-0.39, 0.29) is 11.0 Å². The van der Waals surface area contributed by atoms with E-state index in [1.165, 1.54) is 0 Å². The van der Waals surface area contributed by atoms with Crippen molar-refractivity contribution < 1.29 is 22.1 Å². The number of hydrogen-bond donors (Lipinski definition) is 0. The second kappa shape index (κ2) is 9.07. The summed E-state index contributed by atoms with van der Waals surface area (Å²) in [5, 5.41) is -0.212. The molecule has 5 nitrogen and oxygen atoms in total. The van der Waals surface area contributed by atoms with Crippen LogP contribution in [0.5, 0.6) is 0 Å². The summed E-state index contributed by atoms with van der Waals surface area (Å²) in [5.74, 6) is 0. The van der Waals surface area contributed by atoms with E-state index >= 15 is 0 Å². The van der Waals surface area contributed by atoms with E-state index in [1.807, 2.05) is 0 Å². The molecule has 0 aliphatic heterocycles. The van der Waals surface area contributed by atoms with Crippen LogP contribution >= 0.6 is 0 Å². The van der Waals surface area contributed by atoms with E-state index in [4.69, 9.17) is 22.1 Å². The SMILES string of the molecule is CCC(O[Si](C)(C)C(C)(CC)O[SiH](C)C)[Si](OC)(OC)OC. The lowest BCUT2D eigenvalue weighted by Gasteiger charge is -2.46. The first-order chi connectivity index (χ1) is 10.1. The Bertz CT molecular complexity index is 315. The first-order valence-electron chi connectivity index (χ1n) is 8.09. The first kappa shape index (κ1) is 22.5. The second-order valence-electron chi connectivity index (χ2n) is 6.49. The summed E-state index contributed by atoms with van der Waals surface area (Å²) in [6, 6.07) is 0. The Morgan fingerprint density at radius 1 is 1.00 bits per heavy atom. The Hall–Kier alpha value is 0.451. The molecule has 8 heteroatoms. The van der Waals surface area contributed by atoms with E-state index in [9.17, 15) is 0 Å². The van der Waals surface area contributed by atoms with Gasteiger partial charge in [0.25, 0.3) is 0 Å². The monoisotopic (exact) mass is 368 g/mol. The smallest absolute Gasteiger partial charge is 0.415 e. The van der Waals surface area contributed by atoms with Gasteiger partial charge in [0.2, 0.25) is 8.32 Å². The summed E-state index contributed by atoms with van der Waals surface area (Å²) in [5.41, 5.74) is -0.169. The summed E-state index contributed by atoms with van der Waals surface area (Å²) in [4.78, 5) is 0. The molecule has 0 fully saturated rings. The van der Waals surface area contributed by atoms with Crippen molar-refractivity contribution in [3.05, 3.63) is 0 Å². The molecule has 0 bridgehead atoms. The average Bonchev–Trinajstić information content (AvgIpc) is 2.47. The summed E-state index contributed by atoms with van der Waals surface area (Å²) >= 11 is 0. The maximum Gasteiger partial charge on any atom is 0.529 e. The normalized spacial score (nSPS) is 17.6. The van der Waals surface area contributed by atoms with Gasteiger partial charge >= 0.3 is 8.80 Å². The minimum atomic E-state index is -2.82. The molecule has 0 aliphatic carbocycles. The largest absolute Gasteiger partial charge is 0.529 e. The van der Waals surface area contributed by atoms with Crippen LogP contribution in [0.3, 0.4) is 0 Å². The zero-order chi connectivity index (χ0) is 17.6. The Morgan fingerprint density at radius 2 is 1.45 bits per heavy atom. The van der Waals surface area contributed by atoms with Crippen molar-refractivity contribution in [1.82, 2.24) is 0 Å². The summed E-state index contributed by atoms with van der Waals surface area (Å²) in [7, 11) is -1.23. The lowest BCUT2D eigenvalue weighted by Crippen LogP contribution is -2.64. The Morgan fingerprint density at radius 3 is 1.73 bits per heavy atom. The van der Waals surface area contributed by atoms with Gasteiger partial charge in [-0.25, -0.2) is 0 Å². The standard InChI is InChI=1S/C14H36O5Si3/c1-11-13(22(15-4,16-5)17-6)18-21(9,10)14(3,12-2)19-20(7)8/h13,20H,11-12H2,1-10H3. The van der Waals surface area contributed by atoms with Crippen LogP contribution in [0.15, 0.2) is 0 Å². The molecule has 0 saturated carbocycles. The molecule has 0 aromatic heterocycles.